The number of aryl methyl sites for hydroxylation is 1. The van der Waals surface area contributed by atoms with Gasteiger partial charge in [0.2, 0.25) is 11.8 Å². The summed E-state index contributed by atoms with van der Waals surface area (Å²) in [5.41, 5.74) is 7.47. The zero-order chi connectivity index (χ0) is 18.1. The Labute approximate surface area is 167 Å². The molecule has 2 amide bonds. The average molecular weight is 392 g/mol. The van der Waals surface area contributed by atoms with Gasteiger partial charge in [-0.1, -0.05) is 30.3 Å². The topological polar surface area (TPSA) is 75.4 Å². The molecule has 3 aliphatic rings. The molecule has 2 bridgehead atoms. The van der Waals surface area contributed by atoms with Gasteiger partial charge in [-0.2, -0.15) is 0 Å². The van der Waals surface area contributed by atoms with Crippen LogP contribution in [0.2, 0.25) is 0 Å². The van der Waals surface area contributed by atoms with Crippen molar-refractivity contribution >= 4 is 24.2 Å². The number of nitrogens with zero attached hydrogens (tertiary/aromatic N) is 1. The third kappa shape index (κ3) is 4.30. The second-order valence-electron chi connectivity index (χ2n) is 8.26. The summed E-state index contributed by atoms with van der Waals surface area (Å²) in [5.74, 6) is 1.29. The molecular weight excluding hydrogens is 362 g/mol. The summed E-state index contributed by atoms with van der Waals surface area (Å²) >= 11 is 0. The van der Waals surface area contributed by atoms with E-state index in [1.54, 1.807) is 0 Å². The molecule has 3 fully saturated rings. The Kier molecular flexibility index (Phi) is 6.43. The minimum atomic E-state index is -0.0171. The molecule has 1 aromatic rings. The lowest BCUT2D eigenvalue weighted by atomic mass is 9.84. The predicted octanol–water partition coefficient (Wildman–Crippen LogP) is 2.13. The van der Waals surface area contributed by atoms with Crippen LogP contribution in [0.3, 0.4) is 0 Å². The van der Waals surface area contributed by atoms with Crippen molar-refractivity contribution in [1.29, 1.82) is 0 Å². The number of carbonyl (C=O) groups is 2. The van der Waals surface area contributed by atoms with Gasteiger partial charge in [0.1, 0.15) is 0 Å². The van der Waals surface area contributed by atoms with Crippen LogP contribution in [0.25, 0.3) is 0 Å². The van der Waals surface area contributed by atoms with Gasteiger partial charge in [-0.15, -0.1) is 12.4 Å². The van der Waals surface area contributed by atoms with Crippen molar-refractivity contribution in [2.24, 2.45) is 23.5 Å². The Balaban J connectivity index is 0.00000210. The Hall–Kier alpha value is -1.59. The standard InChI is InChI=1S/C21H29N3O2.ClH/c22-20-16-8-7-15(12-16)19(20)21(26)23-17-10-11-24(13-17)18(25)9-6-14-4-2-1-3-5-14;/h1-5,15-17,19-20H,6-13,22H2,(H,23,26);1H. The van der Waals surface area contributed by atoms with Crippen LogP contribution in [0.4, 0.5) is 0 Å². The molecule has 0 spiro atoms. The average Bonchev–Trinajstić information content (AvgIpc) is 3.36. The summed E-state index contributed by atoms with van der Waals surface area (Å²) in [6.45, 7) is 1.37. The van der Waals surface area contributed by atoms with Crippen molar-refractivity contribution in [3.63, 3.8) is 0 Å². The monoisotopic (exact) mass is 391 g/mol. The van der Waals surface area contributed by atoms with Crippen LogP contribution in [0.5, 0.6) is 0 Å². The third-order valence-corrected chi connectivity index (χ3v) is 6.64. The molecule has 2 aliphatic carbocycles. The SMILES string of the molecule is Cl.NC1C2CCC(C2)C1C(=O)NC1CCN(C(=O)CCc2ccccc2)C1. The molecule has 1 aliphatic heterocycles. The molecule has 3 N–H and O–H groups in total. The smallest absolute Gasteiger partial charge is 0.225 e. The van der Waals surface area contributed by atoms with E-state index in [0.717, 1.165) is 32.2 Å². The Morgan fingerprint density at radius 3 is 2.56 bits per heavy atom. The van der Waals surface area contributed by atoms with Gasteiger partial charge < -0.3 is 16.0 Å². The van der Waals surface area contributed by atoms with Crippen LogP contribution in [0.15, 0.2) is 30.3 Å². The van der Waals surface area contributed by atoms with E-state index in [-0.39, 0.29) is 42.2 Å². The maximum atomic E-state index is 12.7. The van der Waals surface area contributed by atoms with Crippen LogP contribution >= 0.6 is 12.4 Å². The van der Waals surface area contributed by atoms with E-state index < -0.39 is 0 Å². The maximum Gasteiger partial charge on any atom is 0.225 e. The van der Waals surface area contributed by atoms with Crippen LogP contribution in [0, 0.1) is 17.8 Å². The van der Waals surface area contributed by atoms with Crippen molar-refractivity contribution in [2.45, 2.75) is 50.6 Å². The molecule has 1 aromatic carbocycles. The fourth-order valence-electron chi connectivity index (χ4n) is 5.18. The lowest BCUT2D eigenvalue weighted by molar-refractivity contribution is -0.131. The molecule has 2 saturated carbocycles. The molecular formula is C21H30ClN3O2. The molecule has 0 radical (unpaired) electrons. The quantitative estimate of drug-likeness (QED) is 0.807. The summed E-state index contributed by atoms with van der Waals surface area (Å²) < 4.78 is 0. The van der Waals surface area contributed by atoms with E-state index in [0.29, 0.717) is 24.8 Å². The zero-order valence-corrected chi connectivity index (χ0v) is 16.5. The van der Waals surface area contributed by atoms with Crippen LogP contribution in [-0.4, -0.2) is 41.9 Å². The highest BCUT2D eigenvalue weighted by molar-refractivity contribution is 5.85. The summed E-state index contributed by atoms with van der Waals surface area (Å²) in [6.07, 6.45) is 5.59. The predicted molar refractivity (Wildman–Crippen MR) is 107 cm³/mol. The van der Waals surface area contributed by atoms with Gasteiger partial charge in [-0.3, -0.25) is 9.59 Å². The Morgan fingerprint density at radius 1 is 1.11 bits per heavy atom. The second-order valence-corrected chi connectivity index (χ2v) is 8.26. The summed E-state index contributed by atoms with van der Waals surface area (Å²) in [4.78, 5) is 27.0. The third-order valence-electron chi connectivity index (χ3n) is 6.64. The normalized spacial score (nSPS) is 31.6. The van der Waals surface area contributed by atoms with Gasteiger partial charge in [-0.25, -0.2) is 0 Å². The summed E-state index contributed by atoms with van der Waals surface area (Å²) in [5, 5.41) is 3.18. The number of carbonyl (C=O) groups excluding carboxylic acids is 2. The van der Waals surface area contributed by atoms with Crippen molar-refractivity contribution in [1.82, 2.24) is 10.2 Å². The molecule has 5 unspecified atom stereocenters. The lowest BCUT2D eigenvalue weighted by Crippen LogP contribution is -2.48. The highest BCUT2D eigenvalue weighted by Crippen LogP contribution is 2.47. The zero-order valence-electron chi connectivity index (χ0n) is 15.7. The van der Waals surface area contributed by atoms with Crippen molar-refractivity contribution < 1.29 is 9.59 Å². The fraction of sp³-hybridized carbons (Fsp3) is 0.619. The molecule has 5 nitrogen and oxygen atoms in total. The first-order valence-electron chi connectivity index (χ1n) is 9.99. The molecule has 148 valence electrons. The van der Waals surface area contributed by atoms with Crippen molar-refractivity contribution in [3.05, 3.63) is 35.9 Å². The first kappa shape index (κ1) is 20.2. The number of likely N-dealkylation sites (tertiary alicyclic amines) is 1. The first-order chi connectivity index (χ1) is 12.6. The molecule has 6 heteroatoms. The number of rotatable bonds is 5. The summed E-state index contributed by atoms with van der Waals surface area (Å²) in [7, 11) is 0. The van der Waals surface area contributed by atoms with E-state index in [1.807, 2.05) is 23.1 Å². The molecule has 1 saturated heterocycles. The van der Waals surface area contributed by atoms with Crippen molar-refractivity contribution in [3.8, 4) is 0 Å². The number of halogens is 1. The van der Waals surface area contributed by atoms with Gasteiger partial charge in [-0.05, 0) is 49.5 Å². The highest BCUT2D eigenvalue weighted by Gasteiger charge is 2.49. The van der Waals surface area contributed by atoms with Crippen molar-refractivity contribution in [2.75, 3.05) is 13.1 Å². The fourth-order valence-corrected chi connectivity index (χ4v) is 5.18. The van der Waals surface area contributed by atoms with E-state index >= 15 is 0 Å². The van der Waals surface area contributed by atoms with Gasteiger partial charge in [0, 0.05) is 31.6 Å². The molecule has 5 atom stereocenters. The number of hydrogen-bond acceptors (Lipinski definition) is 3. The van der Waals surface area contributed by atoms with Gasteiger partial charge >= 0.3 is 0 Å². The van der Waals surface area contributed by atoms with Crippen LogP contribution < -0.4 is 11.1 Å². The molecule has 4 rings (SSSR count). The summed E-state index contributed by atoms with van der Waals surface area (Å²) in [6, 6.07) is 10.2. The Bertz CT molecular complexity index is 667. The van der Waals surface area contributed by atoms with E-state index in [2.05, 4.69) is 17.4 Å². The number of benzene rings is 1. The van der Waals surface area contributed by atoms with Crippen LogP contribution in [-0.2, 0) is 16.0 Å². The molecule has 0 aromatic heterocycles. The number of hydrogen-bond donors (Lipinski definition) is 2. The Morgan fingerprint density at radius 2 is 1.85 bits per heavy atom. The largest absolute Gasteiger partial charge is 0.351 e. The first-order valence-corrected chi connectivity index (χ1v) is 9.99. The van der Waals surface area contributed by atoms with E-state index in [9.17, 15) is 9.59 Å². The molecule has 27 heavy (non-hydrogen) atoms. The number of nitrogens with two attached hydrogens (primary N) is 1. The second kappa shape index (κ2) is 8.61. The van der Waals surface area contributed by atoms with Gasteiger partial charge in [0.25, 0.3) is 0 Å². The van der Waals surface area contributed by atoms with Crippen LogP contribution in [0.1, 0.15) is 37.7 Å². The maximum absolute atomic E-state index is 12.7. The minimum absolute atomic E-state index is 0. The molecule has 1 heterocycles. The highest BCUT2D eigenvalue weighted by atomic mass is 35.5. The van der Waals surface area contributed by atoms with E-state index in [1.165, 1.54) is 12.0 Å². The van der Waals surface area contributed by atoms with E-state index in [4.69, 9.17) is 5.73 Å². The minimum Gasteiger partial charge on any atom is -0.351 e. The number of amides is 2. The number of nitrogens with one attached hydrogen (secondary N) is 1. The van der Waals surface area contributed by atoms with Gasteiger partial charge in [0.15, 0.2) is 0 Å². The van der Waals surface area contributed by atoms with Gasteiger partial charge in [0.05, 0.1) is 5.92 Å². The lowest BCUT2D eigenvalue weighted by Gasteiger charge is -2.28. The number of fused-ring (bicyclic) bond motifs is 2.